The number of aromatic hydroxyl groups is 2. The Labute approximate surface area is 192 Å². The summed E-state index contributed by atoms with van der Waals surface area (Å²) < 4.78 is 38.5. The van der Waals surface area contributed by atoms with Gasteiger partial charge in [-0.15, -0.1) is 0 Å². The number of nitrogens with one attached hydrogen (secondary N) is 1. The zero-order valence-electron chi connectivity index (χ0n) is 18.9. The molecule has 0 fully saturated rings. The molecular weight excluding hydrogens is 431 g/mol. The maximum atomic E-state index is 13.2. The molecule has 178 valence electrons. The minimum absolute atomic E-state index is 0.0407. The molecule has 1 aliphatic carbocycles. The lowest BCUT2D eigenvalue weighted by atomic mass is 9.83. The van der Waals surface area contributed by atoms with Crippen LogP contribution in [0.2, 0.25) is 0 Å². The molecule has 0 aliphatic heterocycles. The van der Waals surface area contributed by atoms with Crippen LogP contribution in [0.4, 0.5) is 18.9 Å². The van der Waals surface area contributed by atoms with E-state index in [2.05, 4.69) is 5.32 Å². The third-order valence-electron chi connectivity index (χ3n) is 6.09. The fourth-order valence-corrected chi connectivity index (χ4v) is 4.38. The molecule has 0 radical (unpaired) electrons. The summed E-state index contributed by atoms with van der Waals surface area (Å²) >= 11 is 0. The van der Waals surface area contributed by atoms with E-state index < -0.39 is 17.6 Å². The number of phenols is 2. The smallest absolute Gasteiger partial charge is 0.416 e. The molecule has 0 saturated heterocycles. The second kappa shape index (κ2) is 10.3. The molecule has 33 heavy (non-hydrogen) atoms. The zero-order chi connectivity index (χ0) is 24.2. The number of amides is 1. The van der Waals surface area contributed by atoms with Gasteiger partial charge in [0, 0.05) is 17.2 Å². The van der Waals surface area contributed by atoms with Crippen LogP contribution in [0.15, 0.2) is 42.0 Å². The summed E-state index contributed by atoms with van der Waals surface area (Å²) in [6.07, 6.45) is 3.31. The molecule has 2 aromatic rings. The Kier molecular flexibility index (Phi) is 7.72. The first kappa shape index (κ1) is 24.7. The highest BCUT2D eigenvalue weighted by atomic mass is 19.4. The lowest BCUT2D eigenvalue weighted by Crippen LogP contribution is -2.16. The molecule has 0 spiro atoms. The number of benzene rings is 2. The Morgan fingerprint density at radius 2 is 1.85 bits per heavy atom. The molecule has 1 amide bonds. The third kappa shape index (κ3) is 5.89. The number of hydrogen-bond acceptors (Lipinski definition) is 3. The van der Waals surface area contributed by atoms with Crippen molar-refractivity contribution in [1.29, 1.82) is 0 Å². The van der Waals surface area contributed by atoms with Gasteiger partial charge in [-0.05, 0) is 74.9 Å². The fourth-order valence-electron chi connectivity index (χ4n) is 4.38. The van der Waals surface area contributed by atoms with E-state index in [0.29, 0.717) is 17.5 Å². The average Bonchev–Trinajstić information content (AvgIpc) is 2.73. The maximum absolute atomic E-state index is 13.2. The van der Waals surface area contributed by atoms with Gasteiger partial charge in [0.1, 0.15) is 11.5 Å². The van der Waals surface area contributed by atoms with Crippen LogP contribution < -0.4 is 5.32 Å². The average molecular weight is 462 g/mol. The van der Waals surface area contributed by atoms with Gasteiger partial charge in [0.25, 0.3) is 5.91 Å². The SMILES string of the molecule is CCCCCc1cc(O)c(C2C=C(C)CCC2)c(O)c1C(=O)Nc1ccc(C(F)(F)F)cc1. The van der Waals surface area contributed by atoms with E-state index in [1.807, 2.05) is 19.9 Å². The Balaban J connectivity index is 1.98. The van der Waals surface area contributed by atoms with Crippen molar-refractivity contribution >= 4 is 11.6 Å². The van der Waals surface area contributed by atoms with Gasteiger partial charge >= 0.3 is 6.18 Å². The number of phenolic OH excluding ortho intramolecular Hbond substituents is 2. The normalized spacial score (nSPS) is 16.4. The molecule has 0 saturated carbocycles. The van der Waals surface area contributed by atoms with Crippen molar-refractivity contribution in [3.63, 3.8) is 0 Å². The van der Waals surface area contributed by atoms with Crippen molar-refractivity contribution in [3.8, 4) is 11.5 Å². The molecule has 1 atom stereocenters. The molecule has 0 bridgehead atoms. The van der Waals surface area contributed by atoms with E-state index in [1.165, 1.54) is 12.1 Å². The van der Waals surface area contributed by atoms with E-state index in [0.717, 1.165) is 56.2 Å². The number of unbranched alkanes of at least 4 members (excludes halogenated alkanes) is 2. The van der Waals surface area contributed by atoms with Gasteiger partial charge in [0.15, 0.2) is 0 Å². The molecule has 1 unspecified atom stereocenters. The van der Waals surface area contributed by atoms with Crippen molar-refractivity contribution in [2.75, 3.05) is 5.32 Å². The first-order chi connectivity index (χ1) is 15.6. The topological polar surface area (TPSA) is 69.6 Å². The minimum atomic E-state index is -4.47. The molecule has 1 aliphatic rings. The van der Waals surface area contributed by atoms with Crippen LogP contribution in [-0.4, -0.2) is 16.1 Å². The van der Waals surface area contributed by atoms with Gasteiger partial charge < -0.3 is 15.5 Å². The van der Waals surface area contributed by atoms with Crippen molar-refractivity contribution in [3.05, 3.63) is 64.2 Å². The predicted molar refractivity (Wildman–Crippen MR) is 123 cm³/mol. The van der Waals surface area contributed by atoms with Crippen LogP contribution in [0, 0.1) is 0 Å². The van der Waals surface area contributed by atoms with E-state index in [-0.39, 0.29) is 28.7 Å². The summed E-state index contributed by atoms with van der Waals surface area (Å²) in [5.74, 6) is -1.12. The number of rotatable bonds is 7. The van der Waals surface area contributed by atoms with Gasteiger partial charge in [-0.2, -0.15) is 13.2 Å². The summed E-state index contributed by atoms with van der Waals surface area (Å²) in [6, 6.07) is 5.71. The van der Waals surface area contributed by atoms with Crippen LogP contribution in [-0.2, 0) is 12.6 Å². The number of anilines is 1. The van der Waals surface area contributed by atoms with Gasteiger partial charge in [-0.25, -0.2) is 0 Å². The Morgan fingerprint density at radius 3 is 2.45 bits per heavy atom. The molecule has 7 heteroatoms. The van der Waals surface area contributed by atoms with E-state index in [1.54, 1.807) is 6.07 Å². The summed E-state index contributed by atoms with van der Waals surface area (Å²) in [7, 11) is 0. The third-order valence-corrected chi connectivity index (χ3v) is 6.09. The molecule has 4 nitrogen and oxygen atoms in total. The summed E-state index contributed by atoms with van der Waals surface area (Å²) in [5, 5.41) is 24.5. The predicted octanol–water partition coefficient (Wildman–Crippen LogP) is 7.32. The Morgan fingerprint density at radius 1 is 1.15 bits per heavy atom. The molecule has 0 aromatic heterocycles. The van der Waals surface area contributed by atoms with Gasteiger partial charge in [0.05, 0.1) is 11.1 Å². The Hall–Kier alpha value is -2.96. The Bertz CT molecular complexity index is 1030. The first-order valence-electron chi connectivity index (χ1n) is 11.4. The number of alkyl halides is 3. The lowest BCUT2D eigenvalue weighted by Gasteiger charge is -2.24. The molecular formula is C26H30F3NO3. The molecule has 2 aromatic carbocycles. The van der Waals surface area contributed by atoms with E-state index in [9.17, 15) is 28.2 Å². The van der Waals surface area contributed by atoms with Gasteiger partial charge in [-0.1, -0.05) is 31.4 Å². The number of aryl methyl sites for hydroxylation is 1. The van der Waals surface area contributed by atoms with E-state index >= 15 is 0 Å². The number of halogens is 3. The van der Waals surface area contributed by atoms with Gasteiger partial charge in [0.2, 0.25) is 0 Å². The van der Waals surface area contributed by atoms with E-state index in [4.69, 9.17) is 0 Å². The quantitative estimate of drug-likeness (QED) is 0.299. The standard InChI is InChI=1S/C26H30F3NO3/c1-3-4-5-8-18-15-21(31)22(17-9-6-7-16(2)14-17)24(32)23(18)25(33)30-20-12-10-19(11-13-20)26(27,28)29/h10-15,17,31-32H,3-9H2,1-2H3,(H,30,33). The van der Waals surface area contributed by atoms with Crippen molar-refractivity contribution in [1.82, 2.24) is 0 Å². The van der Waals surface area contributed by atoms with Crippen LogP contribution in [0.5, 0.6) is 11.5 Å². The van der Waals surface area contributed by atoms with Crippen LogP contribution in [0.1, 0.15) is 85.3 Å². The van der Waals surface area contributed by atoms with Crippen molar-refractivity contribution in [2.45, 2.75) is 70.9 Å². The summed E-state index contributed by atoms with van der Waals surface area (Å²) in [5.41, 5.74) is 1.45. The van der Waals surface area contributed by atoms with Crippen molar-refractivity contribution in [2.24, 2.45) is 0 Å². The van der Waals surface area contributed by atoms with Crippen LogP contribution >= 0.6 is 0 Å². The van der Waals surface area contributed by atoms with Gasteiger partial charge in [-0.3, -0.25) is 4.79 Å². The highest BCUT2D eigenvalue weighted by Crippen LogP contribution is 2.44. The van der Waals surface area contributed by atoms with Crippen LogP contribution in [0.25, 0.3) is 0 Å². The number of hydrogen-bond donors (Lipinski definition) is 3. The molecule has 3 rings (SSSR count). The van der Waals surface area contributed by atoms with Crippen LogP contribution in [0.3, 0.4) is 0 Å². The number of carbonyl (C=O) groups excluding carboxylic acids is 1. The molecule has 3 N–H and O–H groups in total. The largest absolute Gasteiger partial charge is 0.507 e. The minimum Gasteiger partial charge on any atom is -0.507 e. The summed E-state index contributed by atoms with van der Waals surface area (Å²) in [6.45, 7) is 4.05. The number of carbonyl (C=O) groups is 1. The highest BCUT2D eigenvalue weighted by molar-refractivity contribution is 6.07. The second-order valence-corrected chi connectivity index (χ2v) is 8.69. The first-order valence-corrected chi connectivity index (χ1v) is 11.4. The van der Waals surface area contributed by atoms with Crippen molar-refractivity contribution < 1.29 is 28.2 Å². The second-order valence-electron chi connectivity index (χ2n) is 8.69. The number of allylic oxidation sites excluding steroid dienone is 2. The monoisotopic (exact) mass is 461 g/mol. The highest BCUT2D eigenvalue weighted by Gasteiger charge is 2.30. The fraction of sp³-hybridized carbons (Fsp3) is 0.423. The summed E-state index contributed by atoms with van der Waals surface area (Å²) in [4.78, 5) is 13.2. The maximum Gasteiger partial charge on any atom is 0.416 e. The molecule has 0 heterocycles. The lowest BCUT2D eigenvalue weighted by molar-refractivity contribution is -0.137. The zero-order valence-corrected chi connectivity index (χ0v) is 18.9.